The molecular formula is C11H15F3N6O2. The largest absolute Gasteiger partial charge is 0.433 e. The maximum Gasteiger partial charge on any atom is 0.433 e. The predicted octanol–water partition coefficient (Wildman–Crippen LogP) is -0.902. The molecule has 0 radical (unpaired) electrons. The first-order chi connectivity index (χ1) is 10.3. The van der Waals surface area contributed by atoms with Gasteiger partial charge in [0.2, 0.25) is 17.8 Å². The Bertz CT molecular complexity index is 523. The Morgan fingerprint density at radius 2 is 1.91 bits per heavy atom. The molecule has 1 rings (SSSR count). The zero-order valence-electron chi connectivity index (χ0n) is 11.4. The highest BCUT2D eigenvalue weighted by Crippen LogP contribution is 2.27. The van der Waals surface area contributed by atoms with Crippen molar-refractivity contribution in [3.05, 3.63) is 18.0 Å². The number of hydrogen-bond acceptors (Lipinski definition) is 6. The van der Waals surface area contributed by atoms with Gasteiger partial charge >= 0.3 is 6.18 Å². The van der Waals surface area contributed by atoms with Crippen molar-refractivity contribution in [1.82, 2.24) is 20.6 Å². The molecule has 1 aromatic rings. The van der Waals surface area contributed by atoms with Gasteiger partial charge in [-0.1, -0.05) is 0 Å². The minimum absolute atomic E-state index is 0.122. The maximum atomic E-state index is 12.4. The highest BCUT2D eigenvalue weighted by Gasteiger charge is 2.32. The van der Waals surface area contributed by atoms with Crippen LogP contribution < -0.4 is 21.7 Å². The van der Waals surface area contributed by atoms with Crippen molar-refractivity contribution in [2.24, 2.45) is 5.73 Å². The van der Waals surface area contributed by atoms with Crippen LogP contribution in [0.2, 0.25) is 0 Å². The van der Waals surface area contributed by atoms with Gasteiger partial charge in [0.15, 0.2) is 0 Å². The summed E-state index contributed by atoms with van der Waals surface area (Å²) in [6.45, 7) is -0.202. The van der Waals surface area contributed by atoms with Crippen LogP contribution in [0.1, 0.15) is 5.69 Å². The van der Waals surface area contributed by atoms with Crippen LogP contribution in [0.25, 0.3) is 0 Å². The molecule has 0 fully saturated rings. The average Bonchev–Trinajstić information content (AvgIpc) is 2.48. The van der Waals surface area contributed by atoms with E-state index in [0.29, 0.717) is 0 Å². The summed E-state index contributed by atoms with van der Waals surface area (Å²) in [6, 6.07) is 0.757. The molecule has 0 saturated carbocycles. The number of carbonyl (C=O) groups is 2. The molecule has 0 saturated heterocycles. The summed E-state index contributed by atoms with van der Waals surface area (Å²) in [6.07, 6.45) is -3.56. The van der Waals surface area contributed by atoms with Crippen molar-refractivity contribution in [3.63, 3.8) is 0 Å². The van der Waals surface area contributed by atoms with Crippen LogP contribution >= 0.6 is 0 Å². The van der Waals surface area contributed by atoms with E-state index in [9.17, 15) is 22.8 Å². The smallest absolute Gasteiger partial charge is 0.353 e. The van der Waals surface area contributed by atoms with Gasteiger partial charge in [-0.15, -0.1) is 0 Å². The molecule has 5 N–H and O–H groups in total. The molecule has 122 valence electrons. The topological polar surface area (TPSA) is 122 Å². The van der Waals surface area contributed by atoms with Crippen LogP contribution in [-0.4, -0.2) is 48.0 Å². The van der Waals surface area contributed by atoms with E-state index in [-0.39, 0.29) is 32.1 Å². The van der Waals surface area contributed by atoms with Crippen molar-refractivity contribution >= 4 is 17.8 Å². The molecule has 0 bridgehead atoms. The second-order valence-corrected chi connectivity index (χ2v) is 4.02. The summed E-state index contributed by atoms with van der Waals surface area (Å²) < 4.78 is 37.3. The standard InChI is InChI=1S/C11H15F3N6O2/c12-11(13,14)7-1-2-17-10(20-7)18-4-3-16-9(22)6-19-8(21)5-15/h1-2H,3-6,15H2,(H,16,22)(H,19,21)(H,17,18,20). The lowest BCUT2D eigenvalue weighted by atomic mass is 10.4. The highest BCUT2D eigenvalue weighted by atomic mass is 19.4. The molecule has 0 atom stereocenters. The van der Waals surface area contributed by atoms with Gasteiger partial charge in [0, 0.05) is 19.3 Å². The van der Waals surface area contributed by atoms with Gasteiger partial charge in [0.25, 0.3) is 0 Å². The molecule has 22 heavy (non-hydrogen) atoms. The number of hydrogen-bond donors (Lipinski definition) is 4. The number of aromatic nitrogens is 2. The van der Waals surface area contributed by atoms with Gasteiger partial charge in [-0.3, -0.25) is 9.59 Å². The molecular weight excluding hydrogens is 305 g/mol. The number of rotatable bonds is 7. The summed E-state index contributed by atoms with van der Waals surface area (Å²) >= 11 is 0. The minimum Gasteiger partial charge on any atom is -0.353 e. The third kappa shape index (κ3) is 6.35. The molecule has 0 spiro atoms. The molecule has 0 aromatic carbocycles. The van der Waals surface area contributed by atoms with Crippen LogP contribution in [0.15, 0.2) is 12.3 Å². The molecule has 0 unspecified atom stereocenters. The fraction of sp³-hybridized carbons (Fsp3) is 0.455. The zero-order valence-corrected chi connectivity index (χ0v) is 11.4. The number of amides is 2. The number of anilines is 1. The Labute approximate surface area is 123 Å². The van der Waals surface area contributed by atoms with Gasteiger partial charge < -0.3 is 21.7 Å². The third-order valence-corrected chi connectivity index (χ3v) is 2.31. The Morgan fingerprint density at radius 1 is 1.18 bits per heavy atom. The normalized spacial score (nSPS) is 10.9. The molecule has 1 aromatic heterocycles. The number of nitrogens with one attached hydrogen (secondary N) is 3. The van der Waals surface area contributed by atoms with Crippen molar-refractivity contribution < 1.29 is 22.8 Å². The predicted molar refractivity (Wildman–Crippen MR) is 70.6 cm³/mol. The Morgan fingerprint density at radius 3 is 2.55 bits per heavy atom. The second kappa shape index (κ2) is 8.12. The quantitative estimate of drug-likeness (QED) is 0.483. The number of carbonyl (C=O) groups excluding carboxylic acids is 2. The summed E-state index contributed by atoms with van der Waals surface area (Å²) in [5.74, 6) is -1.11. The maximum absolute atomic E-state index is 12.4. The van der Waals surface area contributed by atoms with Crippen LogP contribution in [-0.2, 0) is 15.8 Å². The lowest BCUT2D eigenvalue weighted by Gasteiger charge is -2.09. The van der Waals surface area contributed by atoms with Crippen molar-refractivity contribution in [2.75, 3.05) is 31.5 Å². The monoisotopic (exact) mass is 320 g/mol. The van der Waals surface area contributed by atoms with Gasteiger partial charge in [0.05, 0.1) is 13.1 Å². The number of alkyl halides is 3. The van der Waals surface area contributed by atoms with Crippen LogP contribution in [0.5, 0.6) is 0 Å². The number of nitrogens with zero attached hydrogens (tertiary/aromatic N) is 2. The fourth-order valence-electron chi connectivity index (χ4n) is 1.29. The zero-order chi connectivity index (χ0) is 16.6. The third-order valence-electron chi connectivity index (χ3n) is 2.31. The van der Waals surface area contributed by atoms with E-state index in [0.717, 1.165) is 12.3 Å². The van der Waals surface area contributed by atoms with E-state index >= 15 is 0 Å². The van der Waals surface area contributed by atoms with Gasteiger partial charge in [-0.25, -0.2) is 9.97 Å². The Balaban J connectivity index is 2.30. The van der Waals surface area contributed by atoms with E-state index in [1.165, 1.54) is 0 Å². The van der Waals surface area contributed by atoms with Gasteiger partial charge in [-0.05, 0) is 6.07 Å². The van der Waals surface area contributed by atoms with Crippen molar-refractivity contribution in [3.8, 4) is 0 Å². The first kappa shape index (κ1) is 17.6. The SMILES string of the molecule is NCC(=O)NCC(=O)NCCNc1nccc(C(F)(F)F)n1. The second-order valence-electron chi connectivity index (χ2n) is 4.02. The Hall–Kier alpha value is -2.43. The van der Waals surface area contributed by atoms with E-state index in [1.807, 2.05) is 0 Å². The van der Waals surface area contributed by atoms with E-state index in [4.69, 9.17) is 5.73 Å². The van der Waals surface area contributed by atoms with Crippen molar-refractivity contribution in [2.45, 2.75) is 6.18 Å². The number of halogens is 3. The molecule has 1 heterocycles. The molecule has 11 heteroatoms. The minimum atomic E-state index is -4.55. The van der Waals surface area contributed by atoms with Crippen molar-refractivity contribution in [1.29, 1.82) is 0 Å². The lowest BCUT2D eigenvalue weighted by molar-refractivity contribution is -0.141. The summed E-state index contributed by atoms with van der Waals surface area (Å²) in [4.78, 5) is 29.0. The first-order valence-corrected chi connectivity index (χ1v) is 6.20. The highest BCUT2D eigenvalue weighted by molar-refractivity contribution is 5.85. The van der Waals surface area contributed by atoms with E-state index < -0.39 is 23.7 Å². The summed E-state index contributed by atoms with van der Waals surface area (Å²) in [7, 11) is 0. The first-order valence-electron chi connectivity index (χ1n) is 6.20. The molecule has 0 aliphatic heterocycles. The Kier molecular flexibility index (Phi) is 6.50. The number of nitrogens with two attached hydrogens (primary N) is 1. The van der Waals surface area contributed by atoms with Crippen LogP contribution in [0, 0.1) is 0 Å². The van der Waals surface area contributed by atoms with Crippen LogP contribution in [0.4, 0.5) is 19.1 Å². The molecule has 8 nitrogen and oxygen atoms in total. The fourth-order valence-corrected chi connectivity index (χ4v) is 1.29. The van der Waals surface area contributed by atoms with Crippen LogP contribution in [0.3, 0.4) is 0 Å². The van der Waals surface area contributed by atoms with E-state index in [2.05, 4.69) is 25.9 Å². The molecule has 0 aliphatic carbocycles. The lowest BCUT2D eigenvalue weighted by Crippen LogP contribution is -2.40. The van der Waals surface area contributed by atoms with E-state index in [1.54, 1.807) is 0 Å². The summed E-state index contributed by atoms with van der Waals surface area (Å²) in [5, 5.41) is 7.26. The van der Waals surface area contributed by atoms with Gasteiger partial charge in [-0.2, -0.15) is 13.2 Å². The average molecular weight is 320 g/mol. The van der Waals surface area contributed by atoms with Gasteiger partial charge in [0.1, 0.15) is 5.69 Å². The molecule has 0 aliphatic rings. The summed E-state index contributed by atoms with van der Waals surface area (Å²) in [5.41, 5.74) is 3.98. The molecule has 2 amide bonds.